The fourth-order valence-corrected chi connectivity index (χ4v) is 4.87. The van der Waals surface area contributed by atoms with Gasteiger partial charge in [0.25, 0.3) is 0 Å². The number of rotatable bonds is 9. The van der Waals surface area contributed by atoms with Crippen molar-refractivity contribution in [1.82, 2.24) is 4.90 Å². The standard InChI is InChI=1S/C28H25N3O6S/c1-2-37-27(36)20-10-14-22(15-11-20)30-28-31(17-18-6-4-3-5-7-18)25(33)23(38-28)16-24(32)29-21-12-8-19(9-13-21)26(34)35/h3-15,23H,2,16-17H2,1H3,(H,29,32)(H,34,35). The minimum Gasteiger partial charge on any atom is -0.478 e. The molecule has 10 heteroatoms. The van der Waals surface area contributed by atoms with Crippen molar-refractivity contribution < 1.29 is 29.0 Å². The Morgan fingerprint density at radius 2 is 1.63 bits per heavy atom. The summed E-state index contributed by atoms with van der Waals surface area (Å²) in [7, 11) is 0. The zero-order valence-electron chi connectivity index (χ0n) is 20.5. The fraction of sp³-hybridized carbons (Fsp3) is 0.179. The lowest BCUT2D eigenvalue weighted by Crippen LogP contribution is -2.33. The summed E-state index contributed by atoms with van der Waals surface area (Å²) >= 11 is 1.20. The molecule has 1 saturated heterocycles. The number of anilines is 1. The quantitative estimate of drug-likeness (QED) is 0.383. The van der Waals surface area contributed by atoms with Crippen molar-refractivity contribution in [2.45, 2.75) is 25.1 Å². The number of aliphatic imine (C=N–C) groups is 1. The molecule has 0 radical (unpaired) electrons. The maximum atomic E-state index is 13.4. The van der Waals surface area contributed by atoms with Crippen molar-refractivity contribution >= 4 is 52.1 Å². The third-order valence-corrected chi connectivity index (χ3v) is 6.77. The highest BCUT2D eigenvalue weighted by atomic mass is 32.2. The number of esters is 1. The highest BCUT2D eigenvalue weighted by molar-refractivity contribution is 8.15. The van der Waals surface area contributed by atoms with Crippen LogP contribution < -0.4 is 5.32 Å². The smallest absolute Gasteiger partial charge is 0.338 e. The van der Waals surface area contributed by atoms with Crippen molar-refractivity contribution in [1.29, 1.82) is 0 Å². The van der Waals surface area contributed by atoms with E-state index in [4.69, 9.17) is 9.84 Å². The molecule has 0 bridgehead atoms. The summed E-state index contributed by atoms with van der Waals surface area (Å²) in [6.07, 6.45) is -0.0870. The predicted octanol–water partition coefficient (Wildman–Crippen LogP) is 4.72. The third kappa shape index (κ3) is 6.65. The number of carboxylic acid groups (broad SMARTS) is 1. The average molecular weight is 532 g/mol. The largest absolute Gasteiger partial charge is 0.478 e. The number of ether oxygens (including phenoxy) is 1. The lowest BCUT2D eigenvalue weighted by atomic mass is 10.2. The molecule has 1 aliphatic rings. The zero-order chi connectivity index (χ0) is 27.1. The third-order valence-electron chi connectivity index (χ3n) is 5.59. The van der Waals surface area contributed by atoms with E-state index in [1.807, 2.05) is 30.3 Å². The molecule has 0 spiro atoms. The van der Waals surface area contributed by atoms with Crippen LogP contribution in [0.2, 0.25) is 0 Å². The molecule has 1 atom stereocenters. The van der Waals surface area contributed by atoms with Crippen LogP contribution in [-0.2, 0) is 20.9 Å². The predicted molar refractivity (Wildman–Crippen MR) is 145 cm³/mol. The molecule has 38 heavy (non-hydrogen) atoms. The number of carbonyl (C=O) groups excluding carboxylic acids is 3. The van der Waals surface area contributed by atoms with E-state index < -0.39 is 17.2 Å². The van der Waals surface area contributed by atoms with Gasteiger partial charge in [-0.25, -0.2) is 14.6 Å². The second-order valence-corrected chi connectivity index (χ2v) is 9.48. The number of benzene rings is 3. The Morgan fingerprint density at radius 1 is 0.974 bits per heavy atom. The van der Waals surface area contributed by atoms with Crippen molar-refractivity contribution in [3.05, 3.63) is 95.6 Å². The maximum Gasteiger partial charge on any atom is 0.338 e. The molecular formula is C28H25N3O6S. The van der Waals surface area contributed by atoms with E-state index in [2.05, 4.69) is 10.3 Å². The number of hydrogen-bond donors (Lipinski definition) is 2. The summed E-state index contributed by atoms with van der Waals surface area (Å²) in [5, 5.41) is 11.5. The molecule has 0 saturated carbocycles. The summed E-state index contributed by atoms with van der Waals surface area (Å²) in [4.78, 5) is 55.2. The molecule has 1 fully saturated rings. The topological polar surface area (TPSA) is 125 Å². The Bertz CT molecular complexity index is 1360. The van der Waals surface area contributed by atoms with Crippen LogP contribution in [0.15, 0.2) is 83.9 Å². The second kappa shape index (κ2) is 12.2. The van der Waals surface area contributed by atoms with Gasteiger partial charge in [-0.2, -0.15) is 0 Å². The highest BCUT2D eigenvalue weighted by Gasteiger charge is 2.39. The maximum absolute atomic E-state index is 13.4. The molecule has 1 aliphatic heterocycles. The number of nitrogens with one attached hydrogen (secondary N) is 1. The van der Waals surface area contributed by atoms with Gasteiger partial charge in [0.1, 0.15) is 5.25 Å². The second-order valence-electron chi connectivity index (χ2n) is 8.31. The Labute approximate surface area is 223 Å². The number of amidine groups is 1. The number of amides is 2. The Morgan fingerprint density at radius 3 is 2.26 bits per heavy atom. The van der Waals surface area contributed by atoms with Gasteiger partial charge in [0.15, 0.2) is 5.17 Å². The van der Waals surface area contributed by atoms with E-state index >= 15 is 0 Å². The van der Waals surface area contributed by atoms with Crippen LogP contribution in [0.4, 0.5) is 11.4 Å². The van der Waals surface area contributed by atoms with Gasteiger partial charge in [-0.05, 0) is 61.0 Å². The number of aromatic carboxylic acids is 1. The first kappa shape index (κ1) is 26.6. The molecule has 9 nitrogen and oxygen atoms in total. The molecule has 0 aliphatic carbocycles. The number of thioether (sulfide) groups is 1. The SMILES string of the molecule is CCOC(=O)c1ccc(N=C2SC(CC(=O)Nc3ccc(C(=O)O)cc3)C(=O)N2Cc2ccccc2)cc1. The first-order valence-electron chi connectivity index (χ1n) is 11.8. The highest BCUT2D eigenvalue weighted by Crippen LogP contribution is 2.33. The van der Waals surface area contributed by atoms with Crippen molar-refractivity contribution in [3.8, 4) is 0 Å². The molecule has 194 valence electrons. The summed E-state index contributed by atoms with van der Waals surface area (Å²) in [5.74, 6) is -2.10. The van der Waals surface area contributed by atoms with Crippen LogP contribution in [0.5, 0.6) is 0 Å². The van der Waals surface area contributed by atoms with Gasteiger partial charge in [0, 0.05) is 12.1 Å². The minimum absolute atomic E-state index is 0.0870. The monoisotopic (exact) mass is 531 g/mol. The number of carboxylic acids is 1. The van der Waals surface area contributed by atoms with Crippen LogP contribution in [0, 0.1) is 0 Å². The van der Waals surface area contributed by atoms with Crippen LogP contribution in [-0.4, -0.2) is 50.8 Å². The molecule has 2 N–H and O–H groups in total. The summed E-state index contributed by atoms with van der Waals surface area (Å²) in [6.45, 7) is 2.31. The van der Waals surface area contributed by atoms with Gasteiger partial charge in [-0.15, -0.1) is 0 Å². The molecule has 2 amide bonds. The van der Waals surface area contributed by atoms with Gasteiger partial charge in [0.05, 0.1) is 30.0 Å². The van der Waals surface area contributed by atoms with Crippen LogP contribution in [0.1, 0.15) is 39.6 Å². The van der Waals surface area contributed by atoms with E-state index in [9.17, 15) is 19.2 Å². The molecule has 1 unspecified atom stereocenters. The molecule has 0 aromatic heterocycles. The van der Waals surface area contributed by atoms with Crippen molar-refractivity contribution in [3.63, 3.8) is 0 Å². The fourth-order valence-electron chi connectivity index (χ4n) is 3.71. The summed E-state index contributed by atoms with van der Waals surface area (Å²) < 4.78 is 5.01. The Balaban J connectivity index is 1.51. The van der Waals surface area contributed by atoms with E-state index in [1.165, 1.54) is 36.0 Å². The number of hydrogen-bond acceptors (Lipinski definition) is 7. The molecule has 3 aromatic rings. The van der Waals surface area contributed by atoms with Gasteiger partial charge in [-0.3, -0.25) is 14.5 Å². The van der Waals surface area contributed by atoms with E-state index in [-0.39, 0.29) is 30.4 Å². The zero-order valence-corrected chi connectivity index (χ0v) is 21.3. The molecule has 4 rings (SSSR count). The Hall–Kier alpha value is -4.44. The van der Waals surface area contributed by atoms with E-state index in [1.54, 1.807) is 36.1 Å². The minimum atomic E-state index is -1.06. The summed E-state index contributed by atoms with van der Waals surface area (Å²) in [5.41, 5.74) is 2.41. The lowest BCUT2D eigenvalue weighted by Gasteiger charge is -2.16. The van der Waals surface area contributed by atoms with Crippen LogP contribution in [0.25, 0.3) is 0 Å². The number of nitrogens with zero attached hydrogens (tertiary/aromatic N) is 2. The van der Waals surface area contributed by atoms with Gasteiger partial charge < -0.3 is 15.2 Å². The molecular weight excluding hydrogens is 506 g/mol. The van der Waals surface area contributed by atoms with E-state index in [0.29, 0.717) is 28.7 Å². The lowest BCUT2D eigenvalue weighted by molar-refractivity contribution is -0.128. The van der Waals surface area contributed by atoms with Crippen LogP contribution in [0.3, 0.4) is 0 Å². The van der Waals surface area contributed by atoms with Gasteiger partial charge >= 0.3 is 11.9 Å². The van der Waals surface area contributed by atoms with Crippen LogP contribution >= 0.6 is 11.8 Å². The molecule has 3 aromatic carbocycles. The first-order chi connectivity index (χ1) is 18.3. The van der Waals surface area contributed by atoms with Gasteiger partial charge in [-0.1, -0.05) is 42.1 Å². The van der Waals surface area contributed by atoms with Gasteiger partial charge in [0.2, 0.25) is 11.8 Å². The van der Waals surface area contributed by atoms with Crippen molar-refractivity contribution in [2.75, 3.05) is 11.9 Å². The number of carbonyl (C=O) groups is 4. The average Bonchev–Trinajstić information content (AvgIpc) is 3.18. The Kier molecular flexibility index (Phi) is 8.55. The molecule has 1 heterocycles. The summed E-state index contributed by atoms with van der Waals surface area (Å²) in [6, 6.07) is 21.8. The first-order valence-corrected chi connectivity index (χ1v) is 12.7. The normalized spacial score (nSPS) is 15.9. The van der Waals surface area contributed by atoms with E-state index in [0.717, 1.165) is 5.56 Å². The van der Waals surface area contributed by atoms with Crippen molar-refractivity contribution in [2.24, 2.45) is 4.99 Å².